The summed E-state index contributed by atoms with van der Waals surface area (Å²) in [5, 5.41) is 3.28. The van der Waals surface area contributed by atoms with E-state index < -0.39 is 17.5 Å². The van der Waals surface area contributed by atoms with E-state index in [4.69, 9.17) is 23.2 Å². The van der Waals surface area contributed by atoms with Crippen LogP contribution in [0.4, 0.5) is 4.79 Å². The SMILES string of the molecule is CN(C)C(=O)CN1C(=O)NC(C)(c2ccc(Cl)cc2Cl)C1=O. The van der Waals surface area contributed by atoms with Gasteiger partial charge in [0.2, 0.25) is 5.91 Å². The second-order valence-corrected chi connectivity index (χ2v) is 6.20. The zero-order valence-electron chi connectivity index (χ0n) is 12.3. The summed E-state index contributed by atoms with van der Waals surface area (Å²) in [6.45, 7) is 1.22. The van der Waals surface area contributed by atoms with Crippen LogP contribution in [0.5, 0.6) is 0 Å². The molecule has 1 aliphatic heterocycles. The highest BCUT2D eigenvalue weighted by Gasteiger charge is 2.50. The Balaban J connectivity index is 2.35. The Kier molecular flexibility index (Phi) is 4.35. The molecule has 0 aliphatic carbocycles. The lowest BCUT2D eigenvalue weighted by Crippen LogP contribution is -2.43. The molecule has 0 radical (unpaired) electrons. The third kappa shape index (κ3) is 2.76. The van der Waals surface area contributed by atoms with Crippen molar-refractivity contribution in [3.8, 4) is 0 Å². The zero-order chi connectivity index (χ0) is 16.7. The smallest absolute Gasteiger partial charge is 0.325 e. The number of hydrogen-bond acceptors (Lipinski definition) is 3. The van der Waals surface area contributed by atoms with E-state index in [0.717, 1.165) is 4.90 Å². The minimum absolute atomic E-state index is 0.268. The average molecular weight is 344 g/mol. The number of hydrogen-bond donors (Lipinski definition) is 1. The third-order valence-electron chi connectivity index (χ3n) is 3.54. The topological polar surface area (TPSA) is 69.7 Å². The quantitative estimate of drug-likeness (QED) is 0.851. The average Bonchev–Trinajstić information content (AvgIpc) is 2.62. The molecule has 1 atom stereocenters. The minimum atomic E-state index is -1.33. The first kappa shape index (κ1) is 16.6. The maximum absolute atomic E-state index is 12.6. The van der Waals surface area contributed by atoms with Crippen LogP contribution in [0.3, 0.4) is 0 Å². The number of halogens is 2. The lowest BCUT2D eigenvalue weighted by Gasteiger charge is -2.23. The highest BCUT2D eigenvalue weighted by atomic mass is 35.5. The van der Waals surface area contributed by atoms with Crippen molar-refractivity contribution in [1.82, 2.24) is 15.1 Å². The molecule has 1 aliphatic rings. The molecular formula is C14H15Cl2N3O3. The van der Waals surface area contributed by atoms with Crippen LogP contribution in [0, 0.1) is 0 Å². The van der Waals surface area contributed by atoms with E-state index >= 15 is 0 Å². The predicted molar refractivity (Wildman–Crippen MR) is 82.8 cm³/mol. The number of imide groups is 1. The number of rotatable bonds is 3. The second-order valence-electron chi connectivity index (χ2n) is 5.36. The first-order chi connectivity index (χ1) is 10.2. The summed E-state index contributed by atoms with van der Waals surface area (Å²) >= 11 is 12.0. The van der Waals surface area contributed by atoms with Crippen LogP contribution in [-0.4, -0.2) is 48.3 Å². The number of likely N-dealkylation sites (N-methyl/N-ethyl adjacent to an activating group) is 1. The summed E-state index contributed by atoms with van der Waals surface area (Å²) < 4.78 is 0. The first-order valence-electron chi connectivity index (χ1n) is 6.46. The molecule has 6 nitrogen and oxygen atoms in total. The van der Waals surface area contributed by atoms with Crippen molar-refractivity contribution >= 4 is 41.0 Å². The zero-order valence-corrected chi connectivity index (χ0v) is 13.8. The number of urea groups is 1. The Morgan fingerprint density at radius 3 is 2.50 bits per heavy atom. The van der Waals surface area contributed by atoms with Gasteiger partial charge >= 0.3 is 6.03 Å². The van der Waals surface area contributed by atoms with Gasteiger partial charge in [0.1, 0.15) is 12.1 Å². The molecule has 0 bridgehead atoms. The van der Waals surface area contributed by atoms with Crippen LogP contribution < -0.4 is 5.32 Å². The predicted octanol–water partition coefficient (Wildman–Crippen LogP) is 1.85. The maximum atomic E-state index is 12.6. The number of nitrogens with zero attached hydrogens (tertiary/aromatic N) is 2. The van der Waals surface area contributed by atoms with E-state index in [2.05, 4.69) is 5.32 Å². The van der Waals surface area contributed by atoms with Gasteiger partial charge in [0, 0.05) is 29.7 Å². The number of carbonyl (C=O) groups is 3. The fourth-order valence-electron chi connectivity index (χ4n) is 2.19. The molecule has 1 saturated heterocycles. The van der Waals surface area contributed by atoms with E-state index in [1.807, 2.05) is 0 Å². The summed E-state index contributed by atoms with van der Waals surface area (Å²) in [4.78, 5) is 38.6. The molecule has 1 heterocycles. The molecule has 22 heavy (non-hydrogen) atoms. The van der Waals surface area contributed by atoms with Gasteiger partial charge in [0.15, 0.2) is 0 Å². The van der Waals surface area contributed by atoms with Crippen LogP contribution in [0.25, 0.3) is 0 Å². The molecule has 1 aromatic carbocycles. The largest absolute Gasteiger partial charge is 0.347 e. The van der Waals surface area contributed by atoms with Gasteiger partial charge in [-0.2, -0.15) is 0 Å². The summed E-state index contributed by atoms with van der Waals surface area (Å²) in [5.74, 6) is -0.883. The van der Waals surface area contributed by atoms with Gasteiger partial charge < -0.3 is 10.2 Å². The molecule has 1 fully saturated rings. The molecule has 4 amide bonds. The highest BCUT2D eigenvalue weighted by molar-refractivity contribution is 6.35. The summed E-state index contributed by atoms with van der Waals surface area (Å²) in [6, 6.07) is 4.03. The van der Waals surface area contributed by atoms with E-state index in [-0.39, 0.29) is 17.5 Å². The number of carbonyl (C=O) groups excluding carboxylic acids is 3. The van der Waals surface area contributed by atoms with Crippen LogP contribution in [0.1, 0.15) is 12.5 Å². The molecule has 1 unspecified atom stereocenters. The highest BCUT2D eigenvalue weighted by Crippen LogP contribution is 2.34. The van der Waals surface area contributed by atoms with Gasteiger partial charge in [-0.25, -0.2) is 4.79 Å². The van der Waals surface area contributed by atoms with Crippen LogP contribution in [0.15, 0.2) is 18.2 Å². The van der Waals surface area contributed by atoms with Crippen molar-refractivity contribution in [1.29, 1.82) is 0 Å². The molecule has 1 aromatic rings. The molecular weight excluding hydrogens is 329 g/mol. The fraction of sp³-hybridized carbons (Fsp3) is 0.357. The maximum Gasteiger partial charge on any atom is 0.325 e. The van der Waals surface area contributed by atoms with Gasteiger partial charge in [-0.3, -0.25) is 14.5 Å². The molecule has 0 saturated carbocycles. The molecule has 118 valence electrons. The Morgan fingerprint density at radius 2 is 1.95 bits per heavy atom. The lowest BCUT2D eigenvalue weighted by atomic mass is 9.92. The number of benzene rings is 1. The van der Waals surface area contributed by atoms with Gasteiger partial charge in [0.25, 0.3) is 5.91 Å². The van der Waals surface area contributed by atoms with Crippen molar-refractivity contribution in [2.24, 2.45) is 0 Å². The fourth-order valence-corrected chi connectivity index (χ4v) is 2.79. The van der Waals surface area contributed by atoms with Gasteiger partial charge in [-0.1, -0.05) is 29.3 Å². The minimum Gasteiger partial charge on any atom is -0.347 e. The van der Waals surface area contributed by atoms with Crippen molar-refractivity contribution in [2.75, 3.05) is 20.6 Å². The normalized spacial score (nSPS) is 21.0. The standard InChI is InChI=1S/C14H15Cl2N3O3/c1-14(9-5-4-8(15)6-10(9)16)12(21)19(13(22)17-14)7-11(20)18(2)3/h4-6H,7H2,1-3H3,(H,17,22). The van der Waals surface area contributed by atoms with Crippen molar-refractivity contribution in [3.63, 3.8) is 0 Å². The third-order valence-corrected chi connectivity index (χ3v) is 4.08. The Labute approximate surface area is 138 Å². The molecule has 2 rings (SSSR count). The van der Waals surface area contributed by atoms with E-state index in [1.165, 1.54) is 11.0 Å². The Hall–Kier alpha value is -1.79. The van der Waals surface area contributed by atoms with Gasteiger partial charge in [-0.05, 0) is 19.1 Å². The van der Waals surface area contributed by atoms with Crippen molar-refractivity contribution < 1.29 is 14.4 Å². The van der Waals surface area contributed by atoms with E-state index in [0.29, 0.717) is 10.6 Å². The van der Waals surface area contributed by atoms with Crippen molar-refractivity contribution in [2.45, 2.75) is 12.5 Å². The van der Waals surface area contributed by atoms with Gasteiger partial charge in [-0.15, -0.1) is 0 Å². The summed E-state index contributed by atoms with van der Waals surface area (Å²) in [6.07, 6.45) is 0. The van der Waals surface area contributed by atoms with E-state index in [9.17, 15) is 14.4 Å². The van der Waals surface area contributed by atoms with E-state index in [1.54, 1.807) is 33.2 Å². The Bertz CT molecular complexity index is 663. The Morgan fingerprint density at radius 1 is 1.32 bits per heavy atom. The van der Waals surface area contributed by atoms with Crippen molar-refractivity contribution in [3.05, 3.63) is 33.8 Å². The monoisotopic (exact) mass is 343 g/mol. The molecule has 0 aromatic heterocycles. The summed E-state index contributed by atoms with van der Waals surface area (Å²) in [7, 11) is 3.10. The van der Waals surface area contributed by atoms with Crippen LogP contribution >= 0.6 is 23.2 Å². The van der Waals surface area contributed by atoms with Crippen LogP contribution in [0.2, 0.25) is 10.0 Å². The number of amides is 4. The second kappa shape index (κ2) is 5.78. The van der Waals surface area contributed by atoms with Crippen LogP contribution in [-0.2, 0) is 15.1 Å². The summed E-state index contributed by atoms with van der Waals surface area (Å²) in [5.41, 5.74) is -0.901. The molecule has 8 heteroatoms. The van der Waals surface area contributed by atoms with Gasteiger partial charge in [0.05, 0.1) is 0 Å². The first-order valence-corrected chi connectivity index (χ1v) is 7.22. The lowest BCUT2D eigenvalue weighted by molar-refractivity contribution is -0.137. The molecule has 1 N–H and O–H groups in total. The molecule has 0 spiro atoms. The number of nitrogens with one attached hydrogen (secondary N) is 1.